The second-order valence-corrected chi connectivity index (χ2v) is 0. The molecule has 0 saturated carbocycles. The Hall–Kier alpha value is 2.00. The quantitative estimate of drug-likeness (QED) is 0.535. The Kier molecular flexibility index (Phi) is 473. The molecule has 0 N–H and O–H groups in total. The van der Waals surface area contributed by atoms with Crippen LogP contribution in [-0.2, 0) is 74.5 Å². The molecule has 5 heavy (non-hydrogen) atoms. The van der Waals surface area contributed by atoms with Crippen LogP contribution in [-0.4, -0.2) is 0 Å². The molecule has 0 aliphatic heterocycles. The van der Waals surface area contributed by atoms with Gasteiger partial charge in [-0.3, -0.25) is 0 Å². The maximum atomic E-state index is 0. The van der Waals surface area contributed by atoms with Gasteiger partial charge in [0.25, 0.3) is 0 Å². The van der Waals surface area contributed by atoms with Gasteiger partial charge in [0.15, 0.2) is 0 Å². The van der Waals surface area contributed by atoms with E-state index in [4.69, 9.17) is 0 Å². The Morgan fingerprint density at radius 3 is 0.800 bits per heavy atom. The van der Waals surface area contributed by atoms with Gasteiger partial charge in [0.1, 0.15) is 0 Å². The van der Waals surface area contributed by atoms with Gasteiger partial charge in [-0.1, -0.05) is 0 Å². The van der Waals surface area contributed by atoms with Gasteiger partial charge in [0.2, 0.25) is 0 Å². The third-order valence-corrected chi connectivity index (χ3v) is 0. The maximum absolute atomic E-state index is 0. The van der Waals surface area contributed by atoms with Crippen LogP contribution in [0, 0.1) is 0 Å². The van der Waals surface area contributed by atoms with E-state index < -0.39 is 0 Å². The monoisotopic (exact) mass is 251 g/mol. The van der Waals surface area contributed by atoms with Crippen LogP contribution in [0.2, 0.25) is 0 Å². The molecule has 5 heteroatoms. The van der Waals surface area contributed by atoms with Gasteiger partial charge in [0.05, 0.1) is 0 Å². The largest absolute Gasteiger partial charge is 4.00 e. The van der Waals surface area contributed by atoms with E-state index in [2.05, 4.69) is 0 Å². The number of hydrogen-bond acceptors (Lipinski definition) is 0. The molecule has 0 aromatic carbocycles. The van der Waals surface area contributed by atoms with Crippen molar-refractivity contribution in [3.8, 4) is 0 Å². The van der Waals surface area contributed by atoms with E-state index in [1.807, 2.05) is 0 Å². The first-order valence-corrected chi connectivity index (χ1v) is 0. The number of hydrogen-bond donors (Lipinski definition) is 0. The molecule has 0 rings (SSSR count). The zero-order chi connectivity index (χ0) is 0. The van der Waals surface area contributed by atoms with Crippen molar-refractivity contribution >= 4 is 0 Å². The van der Waals surface area contributed by atoms with Gasteiger partial charge in [-0.2, -0.15) is 0 Å². The van der Waals surface area contributed by atoms with Crippen LogP contribution < -0.4 is 0 Å². The summed E-state index contributed by atoms with van der Waals surface area (Å²) in [7, 11) is 0. The fraction of sp³-hybridized carbons (Fsp3) is 0. The standard InChI is InChI=1S/Ag.2O.Ti.Zn/q+1;2*-2;+4;+2. The minimum absolute atomic E-state index is 0. The molecule has 0 spiro atoms. The van der Waals surface area contributed by atoms with Gasteiger partial charge in [0, 0.05) is 0 Å². The summed E-state index contributed by atoms with van der Waals surface area (Å²) < 4.78 is 0. The van der Waals surface area contributed by atoms with Crippen LogP contribution in [0.1, 0.15) is 0 Å². The van der Waals surface area contributed by atoms with Crippen molar-refractivity contribution in [3.05, 3.63) is 0 Å². The molecular formula is AgO2TiZn+3. The van der Waals surface area contributed by atoms with Crippen molar-refractivity contribution in [2.75, 3.05) is 0 Å². The topological polar surface area (TPSA) is 57.0 Å². The Balaban J connectivity index is 0. The third-order valence-electron chi connectivity index (χ3n) is 0. The average Bonchev–Trinajstić information content (AvgIpc) is 0. The average molecular weight is 253 g/mol. The molecule has 0 radical (unpaired) electrons. The molecule has 0 aromatic heterocycles. The fourth-order valence-corrected chi connectivity index (χ4v) is 0. The predicted octanol–water partition coefficient (Wildman–Crippen LogP) is -0.245. The predicted molar refractivity (Wildman–Crippen MR) is 1.37 cm³/mol. The van der Waals surface area contributed by atoms with Crippen LogP contribution in [0.15, 0.2) is 0 Å². The molecule has 0 fully saturated rings. The van der Waals surface area contributed by atoms with E-state index in [0.29, 0.717) is 0 Å². The molecule has 0 heterocycles. The number of rotatable bonds is 0. The van der Waals surface area contributed by atoms with Crippen molar-refractivity contribution in [2.24, 2.45) is 0 Å². The molecule has 2 nitrogen and oxygen atoms in total. The minimum atomic E-state index is 0. The van der Waals surface area contributed by atoms with Crippen LogP contribution >= 0.6 is 0 Å². The molecule has 0 aromatic rings. The Bertz CT molecular complexity index is 9.61. The van der Waals surface area contributed by atoms with Gasteiger partial charge < -0.3 is 11.0 Å². The molecule has 0 amide bonds. The van der Waals surface area contributed by atoms with Crippen molar-refractivity contribution in [3.63, 3.8) is 0 Å². The van der Waals surface area contributed by atoms with Crippen molar-refractivity contribution < 1.29 is 74.5 Å². The Morgan fingerprint density at radius 1 is 0.800 bits per heavy atom. The van der Waals surface area contributed by atoms with Gasteiger partial charge in [-0.25, -0.2) is 0 Å². The smallest absolute Gasteiger partial charge is 2.00 e. The van der Waals surface area contributed by atoms with E-state index in [1.54, 1.807) is 0 Å². The van der Waals surface area contributed by atoms with Crippen LogP contribution in [0.25, 0.3) is 0 Å². The van der Waals surface area contributed by atoms with Gasteiger partial charge in [-0.05, 0) is 0 Å². The summed E-state index contributed by atoms with van der Waals surface area (Å²) in [5.41, 5.74) is 0. The second kappa shape index (κ2) is 37.5. The molecule has 0 aliphatic carbocycles. The summed E-state index contributed by atoms with van der Waals surface area (Å²) in [4.78, 5) is 0. The molecule has 0 atom stereocenters. The van der Waals surface area contributed by atoms with E-state index in [9.17, 15) is 0 Å². The summed E-state index contributed by atoms with van der Waals surface area (Å²) in [6.07, 6.45) is 0. The zero-order valence-corrected chi connectivity index (χ0v) is 8.34. The third kappa shape index (κ3) is 24.0. The Morgan fingerprint density at radius 2 is 0.800 bits per heavy atom. The van der Waals surface area contributed by atoms with Crippen molar-refractivity contribution in [2.45, 2.75) is 0 Å². The SMILES string of the molecule is [Ag+].[O-2].[O-2].[Ti+4].[Zn+2]. The van der Waals surface area contributed by atoms with E-state index in [-0.39, 0.29) is 74.5 Å². The minimum Gasteiger partial charge on any atom is -2.00 e. The molecule has 26 valence electrons. The summed E-state index contributed by atoms with van der Waals surface area (Å²) in [6.45, 7) is 0. The second-order valence-electron chi connectivity index (χ2n) is 0. The molecule has 0 bridgehead atoms. The molecule has 0 aliphatic rings. The van der Waals surface area contributed by atoms with E-state index in [0.717, 1.165) is 0 Å². The van der Waals surface area contributed by atoms with Crippen LogP contribution in [0.4, 0.5) is 0 Å². The summed E-state index contributed by atoms with van der Waals surface area (Å²) in [5.74, 6) is 0. The molecule has 0 unspecified atom stereocenters. The molecular weight excluding hydrogens is 253 g/mol. The van der Waals surface area contributed by atoms with Crippen molar-refractivity contribution in [1.82, 2.24) is 0 Å². The first-order valence-electron chi connectivity index (χ1n) is 0. The van der Waals surface area contributed by atoms with Crippen LogP contribution in [0.5, 0.6) is 0 Å². The van der Waals surface area contributed by atoms with Gasteiger partial charge in [-0.15, -0.1) is 0 Å². The van der Waals surface area contributed by atoms with Crippen LogP contribution in [0.3, 0.4) is 0 Å². The van der Waals surface area contributed by atoms with E-state index in [1.165, 1.54) is 0 Å². The van der Waals surface area contributed by atoms with Crippen molar-refractivity contribution in [1.29, 1.82) is 0 Å². The summed E-state index contributed by atoms with van der Waals surface area (Å²) >= 11 is 0. The molecule has 0 saturated heterocycles. The summed E-state index contributed by atoms with van der Waals surface area (Å²) in [5, 5.41) is 0. The first kappa shape index (κ1) is 63.1. The Labute approximate surface area is 73.9 Å². The fourth-order valence-electron chi connectivity index (χ4n) is 0. The normalized spacial score (nSPS) is 0. The first-order chi connectivity index (χ1) is 0. The van der Waals surface area contributed by atoms with E-state index >= 15 is 0 Å². The van der Waals surface area contributed by atoms with Gasteiger partial charge >= 0.3 is 63.6 Å². The maximum Gasteiger partial charge on any atom is 4.00 e. The summed E-state index contributed by atoms with van der Waals surface area (Å²) in [6, 6.07) is 0. The zero-order valence-electron chi connectivity index (χ0n) is 2.33.